The van der Waals surface area contributed by atoms with Crippen LogP contribution in [-0.2, 0) is 4.74 Å². The second-order valence-electron chi connectivity index (χ2n) is 4.59. The van der Waals surface area contributed by atoms with Gasteiger partial charge in [0.2, 0.25) is 0 Å². The molecule has 5 heteroatoms. The van der Waals surface area contributed by atoms with Crippen LogP contribution in [0.3, 0.4) is 0 Å². The van der Waals surface area contributed by atoms with E-state index in [4.69, 9.17) is 16.3 Å². The Kier molecular flexibility index (Phi) is 5.25. The molecule has 19 heavy (non-hydrogen) atoms. The van der Waals surface area contributed by atoms with Crippen LogP contribution in [0.5, 0.6) is 0 Å². The van der Waals surface area contributed by atoms with E-state index < -0.39 is 0 Å². The molecule has 0 aromatic heterocycles. The molecule has 1 aromatic carbocycles. The van der Waals surface area contributed by atoms with Crippen molar-refractivity contribution in [2.75, 3.05) is 19.7 Å². The van der Waals surface area contributed by atoms with Crippen molar-refractivity contribution in [1.82, 2.24) is 4.90 Å². The Labute approximate surface area is 127 Å². The molecule has 0 bridgehead atoms. The van der Waals surface area contributed by atoms with Gasteiger partial charge >= 0.3 is 0 Å². The number of carbonyl (C=O) groups excluding carboxylic acids is 1. The van der Waals surface area contributed by atoms with Crippen LogP contribution in [0.25, 0.3) is 0 Å². The predicted octanol–water partition coefficient (Wildman–Crippen LogP) is 3.74. The summed E-state index contributed by atoms with van der Waals surface area (Å²) in [4.78, 5) is 14.3. The highest BCUT2D eigenvalue weighted by molar-refractivity contribution is 9.10. The lowest BCUT2D eigenvalue weighted by Crippen LogP contribution is -2.43. The van der Waals surface area contributed by atoms with Crippen molar-refractivity contribution < 1.29 is 9.53 Å². The van der Waals surface area contributed by atoms with Gasteiger partial charge < -0.3 is 9.64 Å². The standard InChI is InChI=1S/C14H17BrClNO2/c1-2-19-11-4-3-7-17(9-11)14(18)12-6-5-10(16)8-13(12)15/h5-6,8,11H,2-4,7,9H2,1H3. The van der Waals surface area contributed by atoms with Gasteiger partial charge in [0.25, 0.3) is 5.91 Å². The van der Waals surface area contributed by atoms with E-state index in [1.54, 1.807) is 18.2 Å². The number of likely N-dealkylation sites (tertiary alicyclic amines) is 1. The van der Waals surface area contributed by atoms with E-state index in [9.17, 15) is 4.79 Å². The SMILES string of the molecule is CCOC1CCCN(C(=O)c2ccc(Cl)cc2Br)C1. The maximum absolute atomic E-state index is 12.5. The van der Waals surface area contributed by atoms with Gasteiger partial charge in [0, 0.05) is 29.2 Å². The van der Waals surface area contributed by atoms with Crippen molar-refractivity contribution in [3.8, 4) is 0 Å². The van der Waals surface area contributed by atoms with Gasteiger partial charge in [-0.3, -0.25) is 4.79 Å². The van der Waals surface area contributed by atoms with Crippen molar-refractivity contribution in [2.45, 2.75) is 25.9 Å². The van der Waals surface area contributed by atoms with Crippen LogP contribution in [0.1, 0.15) is 30.1 Å². The molecule has 1 fully saturated rings. The summed E-state index contributed by atoms with van der Waals surface area (Å²) >= 11 is 9.29. The van der Waals surface area contributed by atoms with Crippen LogP contribution >= 0.6 is 27.5 Å². The van der Waals surface area contributed by atoms with Crippen LogP contribution < -0.4 is 0 Å². The van der Waals surface area contributed by atoms with Gasteiger partial charge in [-0.05, 0) is 53.9 Å². The molecular weight excluding hydrogens is 330 g/mol. The monoisotopic (exact) mass is 345 g/mol. The highest BCUT2D eigenvalue weighted by Gasteiger charge is 2.25. The van der Waals surface area contributed by atoms with Crippen LogP contribution in [-0.4, -0.2) is 36.6 Å². The number of amides is 1. The Morgan fingerprint density at radius 3 is 3.05 bits per heavy atom. The number of benzene rings is 1. The first-order valence-corrected chi connectivity index (χ1v) is 7.65. The Hall–Kier alpha value is -0.580. The van der Waals surface area contributed by atoms with Gasteiger partial charge in [0.05, 0.1) is 11.7 Å². The Morgan fingerprint density at radius 1 is 1.58 bits per heavy atom. The van der Waals surface area contributed by atoms with Gasteiger partial charge in [0.15, 0.2) is 0 Å². The predicted molar refractivity (Wildman–Crippen MR) is 79.7 cm³/mol. The van der Waals surface area contributed by atoms with Crippen molar-refractivity contribution in [3.63, 3.8) is 0 Å². The van der Waals surface area contributed by atoms with E-state index in [1.807, 2.05) is 11.8 Å². The van der Waals surface area contributed by atoms with E-state index in [2.05, 4.69) is 15.9 Å². The molecule has 1 aromatic rings. The fraction of sp³-hybridized carbons (Fsp3) is 0.500. The fourth-order valence-corrected chi connectivity index (χ4v) is 3.18. The highest BCUT2D eigenvalue weighted by atomic mass is 79.9. The van der Waals surface area contributed by atoms with Crippen LogP contribution in [0.15, 0.2) is 22.7 Å². The molecule has 1 saturated heterocycles. The summed E-state index contributed by atoms with van der Waals surface area (Å²) in [5, 5.41) is 0.620. The minimum Gasteiger partial charge on any atom is -0.377 e. The van der Waals surface area contributed by atoms with Gasteiger partial charge in [-0.2, -0.15) is 0 Å². The molecule has 1 amide bonds. The van der Waals surface area contributed by atoms with Crippen molar-refractivity contribution in [3.05, 3.63) is 33.3 Å². The third kappa shape index (κ3) is 3.71. The molecule has 1 heterocycles. The zero-order valence-corrected chi connectivity index (χ0v) is 13.2. The minimum absolute atomic E-state index is 0.0351. The number of halogens is 2. The summed E-state index contributed by atoms with van der Waals surface area (Å²) < 4.78 is 6.36. The first kappa shape index (κ1) is 14.8. The second kappa shape index (κ2) is 6.73. The van der Waals surface area contributed by atoms with Crippen molar-refractivity contribution >= 4 is 33.4 Å². The van der Waals surface area contributed by atoms with E-state index in [0.29, 0.717) is 23.7 Å². The number of hydrogen-bond acceptors (Lipinski definition) is 2. The number of hydrogen-bond donors (Lipinski definition) is 0. The normalized spacial score (nSPS) is 19.5. The first-order valence-electron chi connectivity index (χ1n) is 6.47. The molecule has 1 unspecified atom stereocenters. The summed E-state index contributed by atoms with van der Waals surface area (Å²) in [5.41, 5.74) is 0.654. The molecule has 0 spiro atoms. The average molecular weight is 347 g/mol. The molecule has 2 rings (SSSR count). The van der Waals surface area contributed by atoms with Crippen LogP contribution in [0.4, 0.5) is 0 Å². The lowest BCUT2D eigenvalue weighted by Gasteiger charge is -2.32. The fourth-order valence-electron chi connectivity index (χ4n) is 2.33. The maximum atomic E-state index is 12.5. The third-order valence-corrected chi connectivity index (χ3v) is 4.12. The summed E-state index contributed by atoms with van der Waals surface area (Å²) in [5.74, 6) is 0.0351. The first-order chi connectivity index (χ1) is 9.11. The number of piperidine rings is 1. The molecule has 0 saturated carbocycles. The Balaban J connectivity index is 2.10. The molecule has 3 nitrogen and oxygen atoms in total. The van der Waals surface area contributed by atoms with E-state index in [1.165, 1.54) is 0 Å². The smallest absolute Gasteiger partial charge is 0.255 e. The summed E-state index contributed by atoms with van der Waals surface area (Å²) in [7, 11) is 0. The zero-order chi connectivity index (χ0) is 13.8. The van der Waals surface area contributed by atoms with Crippen LogP contribution in [0, 0.1) is 0 Å². The number of carbonyl (C=O) groups is 1. The summed E-state index contributed by atoms with van der Waals surface area (Å²) in [6.07, 6.45) is 2.18. The Bertz CT molecular complexity index is 465. The van der Waals surface area contributed by atoms with Crippen LogP contribution in [0.2, 0.25) is 5.02 Å². The molecule has 1 atom stereocenters. The number of ether oxygens (including phenoxy) is 1. The van der Waals surface area contributed by atoms with Gasteiger partial charge in [-0.25, -0.2) is 0 Å². The lowest BCUT2D eigenvalue weighted by atomic mass is 10.1. The molecule has 1 aliphatic heterocycles. The van der Waals surface area contributed by atoms with Crippen molar-refractivity contribution in [2.24, 2.45) is 0 Å². The summed E-state index contributed by atoms with van der Waals surface area (Å²) in [6, 6.07) is 5.25. The number of nitrogens with zero attached hydrogens (tertiary/aromatic N) is 1. The zero-order valence-electron chi connectivity index (χ0n) is 10.9. The quantitative estimate of drug-likeness (QED) is 0.834. The van der Waals surface area contributed by atoms with Crippen molar-refractivity contribution in [1.29, 1.82) is 0 Å². The highest BCUT2D eigenvalue weighted by Crippen LogP contribution is 2.24. The Morgan fingerprint density at radius 2 is 2.37 bits per heavy atom. The third-order valence-electron chi connectivity index (χ3n) is 3.23. The molecule has 0 radical (unpaired) electrons. The van der Waals surface area contributed by atoms with Gasteiger partial charge in [-0.1, -0.05) is 11.6 Å². The maximum Gasteiger partial charge on any atom is 0.255 e. The number of rotatable bonds is 3. The second-order valence-corrected chi connectivity index (χ2v) is 5.89. The molecular formula is C14H17BrClNO2. The van der Waals surface area contributed by atoms with Gasteiger partial charge in [0.1, 0.15) is 0 Å². The molecule has 1 aliphatic rings. The topological polar surface area (TPSA) is 29.5 Å². The van der Waals surface area contributed by atoms with Gasteiger partial charge in [-0.15, -0.1) is 0 Å². The lowest BCUT2D eigenvalue weighted by molar-refractivity contribution is 0.00721. The largest absolute Gasteiger partial charge is 0.377 e. The van der Waals surface area contributed by atoms with E-state index in [-0.39, 0.29) is 12.0 Å². The average Bonchev–Trinajstić information content (AvgIpc) is 2.39. The molecule has 104 valence electrons. The molecule has 0 aliphatic carbocycles. The summed E-state index contributed by atoms with van der Waals surface area (Å²) in [6.45, 7) is 4.13. The van der Waals surface area contributed by atoms with E-state index in [0.717, 1.165) is 23.9 Å². The molecule has 0 N–H and O–H groups in total. The van der Waals surface area contributed by atoms with E-state index >= 15 is 0 Å². The minimum atomic E-state index is 0.0351.